The van der Waals surface area contributed by atoms with Gasteiger partial charge in [0, 0.05) is 17.1 Å². The van der Waals surface area contributed by atoms with Crippen LogP contribution in [0.2, 0.25) is 5.02 Å². The van der Waals surface area contributed by atoms with Gasteiger partial charge in [0.15, 0.2) is 0 Å². The van der Waals surface area contributed by atoms with Gasteiger partial charge >= 0.3 is 0 Å². The van der Waals surface area contributed by atoms with E-state index in [1.807, 2.05) is 25.1 Å². The van der Waals surface area contributed by atoms with Crippen molar-refractivity contribution in [3.63, 3.8) is 0 Å². The van der Waals surface area contributed by atoms with Crippen LogP contribution in [0.25, 0.3) is 0 Å². The molecule has 0 aromatic heterocycles. The SMILES string of the molecule is Cc1cccc(C(=O)N(CCc2cccc(Cl)c2)C2CC(=O)N(c3ccc(S(N)(=O)=O)cc3)C2=O)c1. The van der Waals surface area contributed by atoms with Crippen LogP contribution in [0, 0.1) is 6.92 Å². The van der Waals surface area contributed by atoms with E-state index in [1.54, 1.807) is 30.3 Å². The summed E-state index contributed by atoms with van der Waals surface area (Å²) in [5.41, 5.74) is 2.40. The minimum Gasteiger partial charge on any atom is -0.326 e. The molecule has 1 aliphatic rings. The van der Waals surface area contributed by atoms with E-state index in [-0.39, 0.29) is 29.5 Å². The number of aryl methyl sites for hydroxylation is 1. The van der Waals surface area contributed by atoms with E-state index >= 15 is 0 Å². The summed E-state index contributed by atoms with van der Waals surface area (Å²) in [7, 11) is -3.93. The Morgan fingerprint density at radius 3 is 2.39 bits per heavy atom. The summed E-state index contributed by atoms with van der Waals surface area (Å²) in [5, 5.41) is 5.70. The number of imide groups is 1. The van der Waals surface area contributed by atoms with Gasteiger partial charge in [0.05, 0.1) is 17.0 Å². The van der Waals surface area contributed by atoms with Gasteiger partial charge in [-0.1, -0.05) is 41.4 Å². The number of benzene rings is 3. The molecule has 0 bridgehead atoms. The third-order valence-corrected chi connectivity index (χ3v) is 7.14. The average molecular weight is 526 g/mol. The summed E-state index contributed by atoms with van der Waals surface area (Å²) >= 11 is 6.10. The average Bonchev–Trinajstić information content (AvgIpc) is 3.12. The Morgan fingerprint density at radius 1 is 1.06 bits per heavy atom. The van der Waals surface area contributed by atoms with Crippen LogP contribution in [0.1, 0.15) is 27.9 Å². The van der Waals surface area contributed by atoms with E-state index in [4.69, 9.17) is 16.7 Å². The molecule has 1 unspecified atom stereocenters. The standard InChI is InChI=1S/C26H24ClN3O5S/c1-17-4-2-6-19(14-17)25(32)29(13-12-18-5-3-7-20(27)15-18)23-16-24(31)30(26(23)33)21-8-10-22(11-9-21)36(28,34)35/h2-11,14-15,23H,12-13,16H2,1H3,(H2,28,34,35). The maximum atomic E-state index is 13.6. The number of anilines is 1. The summed E-state index contributed by atoms with van der Waals surface area (Å²) in [4.78, 5) is 42.2. The zero-order valence-corrected chi connectivity index (χ0v) is 21.0. The van der Waals surface area contributed by atoms with E-state index in [1.165, 1.54) is 29.2 Å². The number of hydrogen-bond donors (Lipinski definition) is 1. The first-order chi connectivity index (χ1) is 17.0. The fraction of sp³-hybridized carbons (Fsp3) is 0.192. The fourth-order valence-corrected chi connectivity index (χ4v) is 4.93. The van der Waals surface area contributed by atoms with Gasteiger partial charge < -0.3 is 4.90 Å². The Morgan fingerprint density at radius 2 is 1.75 bits per heavy atom. The topological polar surface area (TPSA) is 118 Å². The van der Waals surface area contributed by atoms with E-state index in [9.17, 15) is 22.8 Å². The molecule has 10 heteroatoms. The second-order valence-electron chi connectivity index (χ2n) is 8.57. The predicted molar refractivity (Wildman–Crippen MR) is 136 cm³/mol. The van der Waals surface area contributed by atoms with Crippen molar-refractivity contribution in [3.8, 4) is 0 Å². The molecule has 0 radical (unpaired) electrons. The summed E-state index contributed by atoms with van der Waals surface area (Å²) < 4.78 is 23.1. The Bertz CT molecular complexity index is 1440. The van der Waals surface area contributed by atoms with Gasteiger partial charge in [-0.15, -0.1) is 0 Å². The maximum Gasteiger partial charge on any atom is 0.257 e. The van der Waals surface area contributed by atoms with Crippen molar-refractivity contribution in [3.05, 3.63) is 94.5 Å². The number of carbonyl (C=O) groups excluding carboxylic acids is 3. The van der Waals surface area contributed by atoms with Crippen LogP contribution in [-0.4, -0.2) is 43.6 Å². The number of amides is 3. The van der Waals surface area contributed by atoms with Crippen molar-refractivity contribution in [2.24, 2.45) is 5.14 Å². The van der Waals surface area contributed by atoms with Gasteiger partial charge in [0.25, 0.3) is 11.8 Å². The Hall–Kier alpha value is -3.53. The summed E-state index contributed by atoms with van der Waals surface area (Å²) in [5.74, 6) is -1.41. The van der Waals surface area contributed by atoms with Crippen LogP contribution in [0.5, 0.6) is 0 Å². The first-order valence-electron chi connectivity index (χ1n) is 11.2. The van der Waals surface area contributed by atoms with Gasteiger partial charge in [-0.25, -0.2) is 18.5 Å². The van der Waals surface area contributed by atoms with Crippen molar-refractivity contribution in [2.45, 2.75) is 30.7 Å². The summed E-state index contributed by atoms with van der Waals surface area (Å²) in [6, 6.07) is 18.4. The lowest BCUT2D eigenvalue weighted by atomic mass is 10.1. The molecule has 0 spiro atoms. The lowest BCUT2D eigenvalue weighted by molar-refractivity contribution is -0.122. The van der Waals surface area contributed by atoms with Gasteiger partial charge in [0.2, 0.25) is 15.9 Å². The fourth-order valence-electron chi connectivity index (χ4n) is 4.20. The van der Waals surface area contributed by atoms with Gasteiger partial charge in [0.1, 0.15) is 6.04 Å². The van der Waals surface area contributed by atoms with Crippen molar-refractivity contribution >= 4 is 45.0 Å². The molecule has 3 amide bonds. The molecule has 186 valence electrons. The molecule has 1 aliphatic heterocycles. The monoisotopic (exact) mass is 525 g/mol. The largest absolute Gasteiger partial charge is 0.326 e. The molecule has 3 aromatic rings. The molecule has 1 heterocycles. The van der Waals surface area contributed by atoms with E-state index < -0.39 is 27.9 Å². The zero-order valence-electron chi connectivity index (χ0n) is 19.4. The van der Waals surface area contributed by atoms with Crippen molar-refractivity contribution in [1.29, 1.82) is 0 Å². The van der Waals surface area contributed by atoms with Gasteiger partial charge in [-0.3, -0.25) is 14.4 Å². The van der Waals surface area contributed by atoms with Crippen LogP contribution in [0.4, 0.5) is 5.69 Å². The number of rotatable bonds is 7. The number of carbonyl (C=O) groups is 3. The Labute approximate surface area is 214 Å². The minimum absolute atomic E-state index is 0.139. The summed E-state index contributed by atoms with van der Waals surface area (Å²) in [6.45, 7) is 2.05. The number of hydrogen-bond acceptors (Lipinski definition) is 5. The van der Waals surface area contributed by atoms with E-state index in [2.05, 4.69) is 0 Å². The Kier molecular flexibility index (Phi) is 7.26. The Balaban J connectivity index is 1.64. The van der Waals surface area contributed by atoms with Crippen LogP contribution < -0.4 is 10.0 Å². The molecule has 3 aromatic carbocycles. The highest BCUT2D eigenvalue weighted by Gasteiger charge is 2.44. The lowest BCUT2D eigenvalue weighted by Crippen LogP contribution is -2.46. The first kappa shape index (κ1) is 25.6. The van der Waals surface area contributed by atoms with Crippen molar-refractivity contribution < 1.29 is 22.8 Å². The molecule has 1 atom stereocenters. The third kappa shape index (κ3) is 5.48. The molecule has 0 aliphatic carbocycles. The first-order valence-corrected chi connectivity index (χ1v) is 13.1. The van der Waals surface area contributed by atoms with Crippen LogP contribution in [-0.2, 0) is 26.0 Å². The second kappa shape index (κ2) is 10.2. The van der Waals surface area contributed by atoms with E-state index in [0.29, 0.717) is 17.0 Å². The van der Waals surface area contributed by atoms with Crippen LogP contribution in [0.3, 0.4) is 0 Å². The highest BCUT2D eigenvalue weighted by molar-refractivity contribution is 7.89. The molecule has 0 saturated carbocycles. The number of nitrogens with two attached hydrogens (primary N) is 1. The number of nitrogens with zero attached hydrogens (tertiary/aromatic N) is 2. The highest BCUT2D eigenvalue weighted by atomic mass is 35.5. The molecule has 8 nitrogen and oxygen atoms in total. The quantitative estimate of drug-likeness (QED) is 0.475. The molecule has 36 heavy (non-hydrogen) atoms. The molecular weight excluding hydrogens is 502 g/mol. The van der Waals surface area contributed by atoms with Crippen LogP contribution >= 0.6 is 11.6 Å². The minimum atomic E-state index is -3.93. The smallest absolute Gasteiger partial charge is 0.257 e. The lowest BCUT2D eigenvalue weighted by Gasteiger charge is -2.28. The van der Waals surface area contributed by atoms with Crippen molar-refractivity contribution in [2.75, 3.05) is 11.4 Å². The third-order valence-electron chi connectivity index (χ3n) is 5.98. The predicted octanol–water partition coefficient (Wildman–Crippen LogP) is 3.31. The second-order valence-corrected chi connectivity index (χ2v) is 10.6. The molecule has 2 N–H and O–H groups in total. The van der Waals surface area contributed by atoms with Crippen LogP contribution in [0.15, 0.2) is 77.7 Å². The van der Waals surface area contributed by atoms with Gasteiger partial charge in [-0.2, -0.15) is 0 Å². The van der Waals surface area contributed by atoms with E-state index in [0.717, 1.165) is 16.0 Å². The van der Waals surface area contributed by atoms with Crippen molar-refractivity contribution in [1.82, 2.24) is 4.90 Å². The summed E-state index contributed by atoms with van der Waals surface area (Å²) in [6.07, 6.45) is 0.238. The molecule has 1 fully saturated rings. The zero-order chi connectivity index (χ0) is 26.0. The number of halogens is 1. The molecular formula is C26H24ClN3O5S. The highest BCUT2D eigenvalue weighted by Crippen LogP contribution is 2.28. The molecule has 1 saturated heterocycles. The maximum absolute atomic E-state index is 13.6. The molecule has 4 rings (SSSR count). The normalized spacial score (nSPS) is 15.9. The number of sulfonamides is 1. The van der Waals surface area contributed by atoms with Gasteiger partial charge in [-0.05, 0) is 67.4 Å². The number of primary sulfonamides is 1.